The van der Waals surface area contributed by atoms with Gasteiger partial charge in [-0.2, -0.15) is 0 Å². The molecule has 0 bridgehead atoms. The molecule has 0 unspecified atom stereocenters. The van der Waals surface area contributed by atoms with Crippen molar-refractivity contribution in [1.29, 1.82) is 0 Å². The van der Waals surface area contributed by atoms with Gasteiger partial charge in [0.25, 0.3) is 0 Å². The molecule has 0 fully saturated rings. The number of hydrogen-bond donors (Lipinski definition) is 0. The Balaban J connectivity index is 3.32. The van der Waals surface area contributed by atoms with Gasteiger partial charge in [0.1, 0.15) is 0 Å². The van der Waals surface area contributed by atoms with E-state index in [1.165, 1.54) is 12.8 Å². The Hall–Kier alpha value is -0.520. The van der Waals surface area contributed by atoms with E-state index >= 15 is 0 Å². The molecule has 0 saturated carbocycles. The minimum absolute atomic E-state index is 0.672. The van der Waals surface area contributed by atoms with Crippen molar-refractivity contribution in [2.75, 3.05) is 0 Å². The average molecular weight is 138 g/mol. The lowest BCUT2D eigenvalue weighted by Crippen LogP contribution is -1.74. The van der Waals surface area contributed by atoms with Gasteiger partial charge in [-0.05, 0) is 12.3 Å². The fraction of sp³-hybridized carbons (Fsp3) is 0.600. The highest BCUT2D eigenvalue weighted by Crippen LogP contribution is 1.94. The Labute approximate surface area is 64.6 Å². The maximum absolute atomic E-state index is 2.21. The summed E-state index contributed by atoms with van der Waals surface area (Å²) in [6.07, 6.45) is 11.1. The van der Waals surface area contributed by atoms with Crippen molar-refractivity contribution in [3.8, 4) is 0 Å². The molecule has 0 aromatic carbocycles. The second-order valence-electron chi connectivity index (χ2n) is 2.85. The molecule has 0 nitrogen and oxygen atoms in total. The Morgan fingerprint density at radius 1 is 1.20 bits per heavy atom. The molecular formula is C10H18. The molecule has 0 radical (unpaired) electrons. The first-order valence-electron chi connectivity index (χ1n) is 4.10. The molecule has 0 atom stereocenters. The van der Waals surface area contributed by atoms with Crippen molar-refractivity contribution in [2.45, 2.75) is 33.6 Å². The lowest BCUT2D eigenvalue weighted by Gasteiger charge is -1.88. The molecule has 0 aliphatic rings. The normalized spacial score (nSPS) is 12.4. The summed E-state index contributed by atoms with van der Waals surface area (Å²) in [5.74, 6) is 0.672. The van der Waals surface area contributed by atoms with E-state index in [0.29, 0.717) is 5.92 Å². The molecule has 0 spiro atoms. The number of rotatable bonds is 4. The van der Waals surface area contributed by atoms with Crippen LogP contribution in [-0.4, -0.2) is 0 Å². The van der Waals surface area contributed by atoms with Crippen LogP contribution >= 0.6 is 0 Å². The quantitative estimate of drug-likeness (QED) is 0.521. The van der Waals surface area contributed by atoms with Gasteiger partial charge in [-0.1, -0.05) is 51.5 Å². The Kier molecular flexibility index (Phi) is 6.25. The van der Waals surface area contributed by atoms with Gasteiger partial charge in [-0.25, -0.2) is 0 Å². The first-order chi connectivity index (χ1) is 4.77. The molecular weight excluding hydrogens is 120 g/mol. The maximum atomic E-state index is 2.21. The van der Waals surface area contributed by atoms with Crippen LogP contribution in [-0.2, 0) is 0 Å². The van der Waals surface area contributed by atoms with Gasteiger partial charge in [0.15, 0.2) is 0 Å². The third-order valence-electron chi connectivity index (χ3n) is 1.20. The molecule has 0 aromatic heterocycles. The van der Waals surface area contributed by atoms with E-state index in [0.717, 1.165) is 0 Å². The second-order valence-corrected chi connectivity index (χ2v) is 2.85. The smallest absolute Gasteiger partial charge is 0.0287 e. The molecule has 0 aliphatic heterocycles. The van der Waals surface area contributed by atoms with Crippen LogP contribution in [0.3, 0.4) is 0 Å². The van der Waals surface area contributed by atoms with Crippen LogP contribution in [0.1, 0.15) is 33.6 Å². The van der Waals surface area contributed by atoms with Gasteiger partial charge in [0.2, 0.25) is 0 Å². The molecule has 58 valence electrons. The largest absolute Gasteiger partial charge is 0.0846 e. The van der Waals surface area contributed by atoms with Gasteiger partial charge in [-0.3, -0.25) is 0 Å². The zero-order valence-electron chi connectivity index (χ0n) is 7.30. The third kappa shape index (κ3) is 7.48. The minimum atomic E-state index is 0.672. The Bertz CT molecular complexity index is 107. The zero-order valence-corrected chi connectivity index (χ0v) is 7.30. The number of allylic oxidation sites excluding steroid dienone is 4. The summed E-state index contributed by atoms with van der Waals surface area (Å²) in [6.45, 7) is 6.56. The zero-order chi connectivity index (χ0) is 7.82. The molecule has 0 heterocycles. The number of hydrogen-bond acceptors (Lipinski definition) is 0. The van der Waals surface area contributed by atoms with Crippen LogP contribution in [0.2, 0.25) is 0 Å². The number of unbranched alkanes of at least 4 members (excludes halogenated alkanes) is 1. The highest BCUT2D eigenvalue weighted by atomic mass is 13.8. The summed E-state index contributed by atoms with van der Waals surface area (Å²) in [4.78, 5) is 0. The summed E-state index contributed by atoms with van der Waals surface area (Å²) in [5, 5.41) is 0. The predicted octanol–water partition coefficient (Wildman–Crippen LogP) is 3.55. The van der Waals surface area contributed by atoms with E-state index < -0.39 is 0 Å². The van der Waals surface area contributed by atoms with Crippen LogP contribution in [0.25, 0.3) is 0 Å². The van der Waals surface area contributed by atoms with E-state index in [4.69, 9.17) is 0 Å². The van der Waals surface area contributed by atoms with Crippen molar-refractivity contribution in [2.24, 2.45) is 5.92 Å². The summed E-state index contributed by atoms with van der Waals surface area (Å²) in [5.41, 5.74) is 0. The topological polar surface area (TPSA) is 0 Å². The van der Waals surface area contributed by atoms with Crippen molar-refractivity contribution in [1.82, 2.24) is 0 Å². The van der Waals surface area contributed by atoms with Gasteiger partial charge >= 0.3 is 0 Å². The van der Waals surface area contributed by atoms with Gasteiger partial charge < -0.3 is 0 Å². The van der Waals surface area contributed by atoms with Crippen LogP contribution in [0.15, 0.2) is 24.3 Å². The summed E-state index contributed by atoms with van der Waals surface area (Å²) < 4.78 is 0. The molecule has 0 heteroatoms. The van der Waals surface area contributed by atoms with Crippen molar-refractivity contribution < 1.29 is 0 Å². The van der Waals surface area contributed by atoms with E-state index in [1.54, 1.807) is 0 Å². The van der Waals surface area contributed by atoms with Crippen molar-refractivity contribution >= 4 is 0 Å². The molecule has 10 heavy (non-hydrogen) atoms. The van der Waals surface area contributed by atoms with Gasteiger partial charge in [0, 0.05) is 0 Å². The molecule has 0 amide bonds. The molecule has 0 saturated heterocycles. The SMILES string of the molecule is CCC/C=C\C=CC(C)C. The van der Waals surface area contributed by atoms with E-state index in [-0.39, 0.29) is 0 Å². The van der Waals surface area contributed by atoms with Crippen LogP contribution < -0.4 is 0 Å². The van der Waals surface area contributed by atoms with Crippen LogP contribution in [0.4, 0.5) is 0 Å². The summed E-state index contributed by atoms with van der Waals surface area (Å²) in [6, 6.07) is 0. The van der Waals surface area contributed by atoms with Gasteiger partial charge in [0.05, 0.1) is 0 Å². The van der Waals surface area contributed by atoms with Crippen LogP contribution in [0, 0.1) is 5.92 Å². The molecule has 0 aliphatic carbocycles. The molecule has 0 aromatic rings. The first kappa shape index (κ1) is 9.48. The summed E-state index contributed by atoms with van der Waals surface area (Å²) >= 11 is 0. The first-order valence-corrected chi connectivity index (χ1v) is 4.10. The summed E-state index contributed by atoms with van der Waals surface area (Å²) in [7, 11) is 0. The lowest BCUT2D eigenvalue weighted by molar-refractivity contribution is 0.832. The van der Waals surface area contributed by atoms with Gasteiger partial charge in [-0.15, -0.1) is 0 Å². The van der Waals surface area contributed by atoms with E-state index in [1.807, 2.05) is 0 Å². The highest BCUT2D eigenvalue weighted by Gasteiger charge is 1.78. The van der Waals surface area contributed by atoms with E-state index in [2.05, 4.69) is 45.1 Å². The van der Waals surface area contributed by atoms with Crippen molar-refractivity contribution in [3.63, 3.8) is 0 Å². The standard InChI is InChI=1S/C10H18/c1-4-5-6-7-8-9-10(2)3/h6-10H,4-5H2,1-3H3/b7-6-,9-8?. The predicted molar refractivity (Wildman–Crippen MR) is 48.0 cm³/mol. The minimum Gasteiger partial charge on any atom is -0.0846 e. The fourth-order valence-electron chi connectivity index (χ4n) is 0.628. The lowest BCUT2D eigenvalue weighted by atomic mass is 10.2. The molecule has 0 rings (SSSR count). The Morgan fingerprint density at radius 2 is 1.90 bits per heavy atom. The van der Waals surface area contributed by atoms with E-state index in [9.17, 15) is 0 Å². The third-order valence-corrected chi connectivity index (χ3v) is 1.20. The molecule has 0 N–H and O–H groups in total. The highest BCUT2D eigenvalue weighted by molar-refractivity contribution is 5.03. The average Bonchev–Trinajstić information content (AvgIpc) is 1.87. The monoisotopic (exact) mass is 138 g/mol. The Morgan fingerprint density at radius 3 is 2.40 bits per heavy atom. The maximum Gasteiger partial charge on any atom is -0.0287 e. The van der Waals surface area contributed by atoms with Crippen LogP contribution in [0.5, 0.6) is 0 Å². The van der Waals surface area contributed by atoms with Crippen molar-refractivity contribution in [3.05, 3.63) is 24.3 Å². The second kappa shape index (κ2) is 6.60. The fourth-order valence-corrected chi connectivity index (χ4v) is 0.628.